The standard InChI is InChI=1S/C18H23NO4/c1-2-22-17(20)16-14-8-10-19(11-9-15(14)16)18(21)23-12-13-6-4-3-5-7-13/h3-7,14-16H,2,8-12H2,1H3/t14-,15+,16+. The Balaban J connectivity index is 1.45. The highest BCUT2D eigenvalue weighted by atomic mass is 16.6. The van der Waals surface area contributed by atoms with E-state index in [0.717, 1.165) is 18.4 Å². The lowest BCUT2D eigenvalue weighted by Crippen LogP contribution is -2.33. The largest absolute Gasteiger partial charge is 0.466 e. The summed E-state index contributed by atoms with van der Waals surface area (Å²) >= 11 is 0. The van der Waals surface area contributed by atoms with E-state index in [1.54, 1.807) is 4.90 Å². The van der Waals surface area contributed by atoms with Crippen molar-refractivity contribution in [2.45, 2.75) is 26.4 Å². The van der Waals surface area contributed by atoms with Gasteiger partial charge in [0, 0.05) is 13.1 Å². The fourth-order valence-electron chi connectivity index (χ4n) is 3.54. The third-order valence-electron chi connectivity index (χ3n) is 4.82. The maximum atomic E-state index is 12.2. The summed E-state index contributed by atoms with van der Waals surface area (Å²) in [5.41, 5.74) is 0.987. The van der Waals surface area contributed by atoms with Crippen LogP contribution in [-0.4, -0.2) is 36.7 Å². The van der Waals surface area contributed by atoms with Crippen LogP contribution in [0.3, 0.4) is 0 Å². The molecule has 1 saturated carbocycles. The van der Waals surface area contributed by atoms with Gasteiger partial charge < -0.3 is 14.4 Å². The first-order valence-electron chi connectivity index (χ1n) is 8.33. The monoisotopic (exact) mass is 317 g/mol. The number of hydrogen-bond acceptors (Lipinski definition) is 4. The van der Waals surface area contributed by atoms with Crippen molar-refractivity contribution in [3.8, 4) is 0 Å². The van der Waals surface area contributed by atoms with Crippen molar-refractivity contribution in [1.82, 2.24) is 4.90 Å². The molecule has 5 nitrogen and oxygen atoms in total. The molecule has 1 saturated heterocycles. The van der Waals surface area contributed by atoms with Crippen LogP contribution in [-0.2, 0) is 20.9 Å². The Bertz CT molecular complexity index is 545. The van der Waals surface area contributed by atoms with Crippen LogP contribution in [0.25, 0.3) is 0 Å². The second-order valence-corrected chi connectivity index (χ2v) is 6.21. The van der Waals surface area contributed by atoms with Crippen LogP contribution in [0.2, 0.25) is 0 Å². The number of fused-ring (bicyclic) bond motifs is 1. The second kappa shape index (κ2) is 7.02. The van der Waals surface area contributed by atoms with Gasteiger partial charge >= 0.3 is 12.1 Å². The molecular weight excluding hydrogens is 294 g/mol. The van der Waals surface area contributed by atoms with Gasteiger partial charge in [-0.2, -0.15) is 0 Å². The Morgan fingerprint density at radius 1 is 1.09 bits per heavy atom. The molecule has 1 aliphatic carbocycles. The van der Waals surface area contributed by atoms with E-state index in [2.05, 4.69) is 0 Å². The van der Waals surface area contributed by atoms with E-state index in [9.17, 15) is 9.59 Å². The van der Waals surface area contributed by atoms with Crippen molar-refractivity contribution in [2.24, 2.45) is 17.8 Å². The summed E-state index contributed by atoms with van der Waals surface area (Å²) in [5, 5.41) is 0. The minimum atomic E-state index is -0.261. The highest BCUT2D eigenvalue weighted by molar-refractivity contribution is 5.76. The van der Waals surface area contributed by atoms with E-state index in [-0.39, 0.29) is 18.0 Å². The fraction of sp³-hybridized carbons (Fsp3) is 0.556. The molecule has 1 aromatic carbocycles. The summed E-state index contributed by atoms with van der Waals surface area (Å²) in [6, 6.07) is 9.67. The van der Waals surface area contributed by atoms with Crippen LogP contribution in [0, 0.1) is 17.8 Å². The van der Waals surface area contributed by atoms with Gasteiger partial charge in [-0.15, -0.1) is 0 Å². The first-order valence-corrected chi connectivity index (χ1v) is 8.33. The van der Waals surface area contributed by atoms with Crippen molar-refractivity contribution >= 4 is 12.1 Å². The summed E-state index contributed by atoms with van der Waals surface area (Å²) in [7, 11) is 0. The number of rotatable bonds is 4. The zero-order chi connectivity index (χ0) is 16.2. The van der Waals surface area contributed by atoms with Gasteiger partial charge in [-0.1, -0.05) is 30.3 Å². The predicted octanol–water partition coefficient (Wildman–Crippen LogP) is 2.84. The van der Waals surface area contributed by atoms with Crippen LogP contribution in [0.15, 0.2) is 30.3 Å². The minimum Gasteiger partial charge on any atom is -0.466 e. The molecule has 0 unspecified atom stereocenters. The molecule has 1 heterocycles. The molecule has 2 fully saturated rings. The lowest BCUT2D eigenvalue weighted by atomic mass is 10.2. The molecule has 124 valence electrons. The number of amides is 1. The summed E-state index contributed by atoms with van der Waals surface area (Å²) < 4.78 is 10.5. The molecule has 0 spiro atoms. The number of likely N-dealkylation sites (tertiary alicyclic amines) is 1. The van der Waals surface area contributed by atoms with Gasteiger partial charge in [0.2, 0.25) is 0 Å². The molecule has 3 rings (SSSR count). The van der Waals surface area contributed by atoms with Crippen molar-refractivity contribution in [3.05, 3.63) is 35.9 Å². The van der Waals surface area contributed by atoms with E-state index >= 15 is 0 Å². The molecule has 1 amide bonds. The van der Waals surface area contributed by atoms with E-state index in [4.69, 9.17) is 9.47 Å². The zero-order valence-corrected chi connectivity index (χ0v) is 13.4. The maximum Gasteiger partial charge on any atom is 0.410 e. The molecule has 2 aliphatic rings. The number of esters is 1. The first-order chi connectivity index (χ1) is 11.2. The van der Waals surface area contributed by atoms with Crippen LogP contribution in [0.1, 0.15) is 25.3 Å². The highest BCUT2D eigenvalue weighted by Gasteiger charge is 2.55. The van der Waals surface area contributed by atoms with Gasteiger partial charge in [-0.3, -0.25) is 4.79 Å². The molecule has 1 aliphatic heterocycles. The van der Waals surface area contributed by atoms with Crippen molar-refractivity contribution in [2.75, 3.05) is 19.7 Å². The average molecular weight is 317 g/mol. The average Bonchev–Trinajstić information content (AvgIpc) is 3.29. The highest BCUT2D eigenvalue weighted by Crippen LogP contribution is 2.52. The van der Waals surface area contributed by atoms with Crippen molar-refractivity contribution in [3.63, 3.8) is 0 Å². The van der Waals surface area contributed by atoms with Gasteiger partial charge in [0.05, 0.1) is 12.5 Å². The van der Waals surface area contributed by atoms with Crippen LogP contribution in [0.5, 0.6) is 0 Å². The van der Waals surface area contributed by atoms with E-state index in [1.807, 2.05) is 37.3 Å². The van der Waals surface area contributed by atoms with Crippen molar-refractivity contribution < 1.29 is 19.1 Å². The normalized spacial score (nSPS) is 26.0. The van der Waals surface area contributed by atoms with Crippen LogP contribution < -0.4 is 0 Å². The lowest BCUT2D eigenvalue weighted by molar-refractivity contribution is -0.145. The number of hydrogen-bond donors (Lipinski definition) is 0. The SMILES string of the molecule is CCOC(=O)[C@H]1[C@@H]2CCN(C(=O)OCc3ccccc3)CC[C@@H]21. The molecule has 23 heavy (non-hydrogen) atoms. The molecule has 0 bridgehead atoms. The number of nitrogens with zero attached hydrogens (tertiary/aromatic N) is 1. The summed E-state index contributed by atoms with van der Waals surface area (Å²) in [6.07, 6.45) is 1.45. The van der Waals surface area contributed by atoms with E-state index in [1.165, 1.54) is 0 Å². The first kappa shape index (κ1) is 15.8. The summed E-state index contributed by atoms with van der Waals surface area (Å²) in [4.78, 5) is 25.8. The Morgan fingerprint density at radius 2 is 1.74 bits per heavy atom. The third kappa shape index (κ3) is 3.66. The number of benzene rings is 1. The van der Waals surface area contributed by atoms with Crippen LogP contribution >= 0.6 is 0 Å². The van der Waals surface area contributed by atoms with E-state index < -0.39 is 0 Å². The molecular formula is C18H23NO4. The summed E-state index contributed by atoms with van der Waals surface area (Å²) in [6.45, 7) is 3.89. The smallest absolute Gasteiger partial charge is 0.410 e. The lowest BCUT2D eigenvalue weighted by Gasteiger charge is -2.21. The molecule has 0 aromatic heterocycles. The number of carbonyl (C=O) groups excluding carboxylic acids is 2. The topological polar surface area (TPSA) is 55.8 Å². The summed E-state index contributed by atoms with van der Waals surface area (Å²) in [5.74, 6) is 0.738. The Kier molecular flexibility index (Phi) is 4.84. The number of carbonyl (C=O) groups is 2. The van der Waals surface area contributed by atoms with Gasteiger partial charge in [0.15, 0.2) is 0 Å². The van der Waals surface area contributed by atoms with Gasteiger partial charge in [0.1, 0.15) is 6.61 Å². The Hall–Kier alpha value is -2.04. The van der Waals surface area contributed by atoms with Crippen molar-refractivity contribution in [1.29, 1.82) is 0 Å². The maximum absolute atomic E-state index is 12.2. The predicted molar refractivity (Wildman–Crippen MR) is 84.5 cm³/mol. The molecule has 5 heteroatoms. The van der Waals surface area contributed by atoms with E-state index in [0.29, 0.717) is 38.1 Å². The fourth-order valence-corrected chi connectivity index (χ4v) is 3.54. The zero-order valence-electron chi connectivity index (χ0n) is 13.4. The molecule has 0 radical (unpaired) electrons. The second-order valence-electron chi connectivity index (χ2n) is 6.21. The molecule has 0 N–H and O–H groups in total. The van der Waals surface area contributed by atoms with Gasteiger partial charge in [0.25, 0.3) is 0 Å². The number of ether oxygens (including phenoxy) is 2. The van der Waals surface area contributed by atoms with Crippen LogP contribution in [0.4, 0.5) is 4.79 Å². The third-order valence-corrected chi connectivity index (χ3v) is 4.82. The minimum absolute atomic E-state index is 0.0532. The quantitative estimate of drug-likeness (QED) is 0.801. The van der Waals surface area contributed by atoms with Gasteiger partial charge in [-0.05, 0) is 37.2 Å². The Labute approximate surface area is 136 Å². The Morgan fingerprint density at radius 3 is 2.35 bits per heavy atom. The van der Waals surface area contributed by atoms with Gasteiger partial charge in [-0.25, -0.2) is 4.79 Å². The molecule has 1 aromatic rings. The molecule has 3 atom stereocenters.